The number of anilines is 2. The zero-order valence-electron chi connectivity index (χ0n) is 14.0. The minimum absolute atomic E-state index is 0.152. The van der Waals surface area contributed by atoms with Crippen LogP contribution in [0.25, 0.3) is 0 Å². The molecule has 0 spiro atoms. The third-order valence-electron chi connectivity index (χ3n) is 3.55. The third-order valence-corrected chi connectivity index (χ3v) is 4.27. The number of benzene rings is 1. The van der Waals surface area contributed by atoms with Crippen molar-refractivity contribution in [3.63, 3.8) is 0 Å². The van der Waals surface area contributed by atoms with Gasteiger partial charge in [0.15, 0.2) is 0 Å². The molecule has 0 aliphatic carbocycles. The molecule has 0 radical (unpaired) electrons. The predicted octanol–water partition coefficient (Wildman–Crippen LogP) is 5.44. The van der Waals surface area contributed by atoms with Crippen molar-refractivity contribution < 1.29 is 17.9 Å². The molecule has 1 heterocycles. The van der Waals surface area contributed by atoms with Gasteiger partial charge in [0, 0.05) is 22.5 Å². The number of aromatic nitrogens is 2. The molecule has 0 amide bonds. The van der Waals surface area contributed by atoms with Gasteiger partial charge in [0.1, 0.15) is 5.56 Å². The van der Waals surface area contributed by atoms with E-state index in [0.717, 1.165) is 28.3 Å². The lowest BCUT2D eigenvalue weighted by atomic mass is 10.2. The second kappa shape index (κ2) is 8.68. The van der Waals surface area contributed by atoms with E-state index in [1.165, 1.54) is 0 Å². The average molecular weight is 465 g/mol. The van der Waals surface area contributed by atoms with Crippen molar-refractivity contribution in [2.45, 2.75) is 32.4 Å². The Labute approximate surface area is 158 Å². The molecule has 8 heteroatoms. The van der Waals surface area contributed by atoms with Crippen LogP contribution < -0.4 is 9.64 Å². The summed E-state index contributed by atoms with van der Waals surface area (Å²) < 4.78 is 45.8. The molecule has 0 saturated carbocycles. The molecule has 4 nitrogen and oxygen atoms in total. The normalized spacial score (nSPS) is 11.4. The fraction of sp³-hybridized carbons (Fsp3) is 0.412. The monoisotopic (exact) mass is 465 g/mol. The van der Waals surface area contributed by atoms with Crippen LogP contribution in [-0.2, 0) is 6.18 Å². The van der Waals surface area contributed by atoms with Crippen molar-refractivity contribution in [1.82, 2.24) is 9.97 Å². The van der Waals surface area contributed by atoms with Crippen LogP contribution in [0.1, 0.15) is 31.7 Å². The lowest BCUT2D eigenvalue weighted by Gasteiger charge is -2.19. The molecule has 1 aromatic heterocycles. The van der Waals surface area contributed by atoms with Crippen molar-refractivity contribution in [2.24, 2.45) is 0 Å². The number of hydrogen-bond donors (Lipinski definition) is 0. The van der Waals surface area contributed by atoms with E-state index in [1.807, 2.05) is 31.2 Å². The van der Waals surface area contributed by atoms with E-state index in [2.05, 4.69) is 32.6 Å². The zero-order chi connectivity index (χ0) is 18.4. The predicted molar refractivity (Wildman–Crippen MR) is 99.3 cm³/mol. The minimum Gasteiger partial charge on any atom is -0.477 e. The first kappa shape index (κ1) is 19.7. The Morgan fingerprint density at radius 3 is 2.44 bits per heavy atom. The molecule has 0 unspecified atom stereocenters. The van der Waals surface area contributed by atoms with Crippen LogP contribution in [0.5, 0.6) is 5.88 Å². The van der Waals surface area contributed by atoms with Gasteiger partial charge in [-0.1, -0.05) is 19.8 Å². The topological polar surface area (TPSA) is 38.2 Å². The molecule has 1 aromatic carbocycles. The number of hydrogen-bond acceptors (Lipinski definition) is 4. The molecular weight excluding hydrogens is 446 g/mol. The Bertz CT molecular complexity index is 693. The highest BCUT2D eigenvalue weighted by Gasteiger charge is 2.36. The molecule has 2 rings (SSSR count). The summed E-state index contributed by atoms with van der Waals surface area (Å²) in [4.78, 5) is 9.49. The van der Waals surface area contributed by atoms with Crippen molar-refractivity contribution in [3.05, 3.63) is 39.6 Å². The quantitative estimate of drug-likeness (QED) is 0.404. The highest BCUT2D eigenvalue weighted by Crippen LogP contribution is 2.36. The van der Waals surface area contributed by atoms with Gasteiger partial charge in [0.2, 0.25) is 11.8 Å². The largest absolute Gasteiger partial charge is 0.477 e. The fourth-order valence-corrected chi connectivity index (χ4v) is 2.48. The maximum Gasteiger partial charge on any atom is 0.423 e. The fourth-order valence-electron chi connectivity index (χ4n) is 2.12. The summed E-state index contributed by atoms with van der Waals surface area (Å²) in [5, 5.41) is 0. The van der Waals surface area contributed by atoms with Gasteiger partial charge in [-0.05, 0) is 53.3 Å². The summed E-state index contributed by atoms with van der Waals surface area (Å²) in [6.45, 7) is 2.21. The van der Waals surface area contributed by atoms with E-state index in [4.69, 9.17) is 4.74 Å². The van der Waals surface area contributed by atoms with Gasteiger partial charge in [-0.3, -0.25) is 0 Å². The molecular formula is C17H19F3IN3O. The second-order valence-electron chi connectivity index (χ2n) is 5.48. The number of halogens is 4. The summed E-state index contributed by atoms with van der Waals surface area (Å²) >= 11 is 2.18. The van der Waals surface area contributed by atoms with Crippen LogP contribution in [0.15, 0.2) is 30.5 Å². The maximum atomic E-state index is 13.1. The zero-order valence-corrected chi connectivity index (χ0v) is 16.1. The van der Waals surface area contributed by atoms with Gasteiger partial charge in [-0.2, -0.15) is 18.2 Å². The summed E-state index contributed by atoms with van der Waals surface area (Å²) in [5.41, 5.74) is -0.180. The van der Waals surface area contributed by atoms with Crippen molar-refractivity contribution in [2.75, 3.05) is 18.6 Å². The van der Waals surface area contributed by atoms with E-state index in [1.54, 1.807) is 11.9 Å². The second-order valence-corrected chi connectivity index (χ2v) is 6.72. The van der Waals surface area contributed by atoms with Gasteiger partial charge in [-0.25, -0.2) is 4.98 Å². The van der Waals surface area contributed by atoms with Gasteiger partial charge in [-0.15, -0.1) is 0 Å². The summed E-state index contributed by atoms with van der Waals surface area (Å²) in [6, 6.07) is 7.51. The van der Waals surface area contributed by atoms with Crippen LogP contribution in [0.3, 0.4) is 0 Å². The Kier molecular flexibility index (Phi) is 6.86. The standard InChI is InChI=1S/C17H19F3IN3O/c1-3-4-5-10-25-15-14(17(18,19)20)11-22-16(23-15)24(2)13-8-6-12(21)7-9-13/h6-9,11H,3-5,10H2,1-2H3. The van der Waals surface area contributed by atoms with Crippen LogP contribution in [0.2, 0.25) is 0 Å². The number of rotatable bonds is 7. The lowest BCUT2D eigenvalue weighted by Crippen LogP contribution is -2.17. The Morgan fingerprint density at radius 2 is 1.84 bits per heavy atom. The molecule has 136 valence electrons. The summed E-state index contributed by atoms with van der Waals surface area (Å²) in [7, 11) is 1.70. The number of ether oxygens (including phenoxy) is 1. The molecule has 2 aromatic rings. The maximum absolute atomic E-state index is 13.1. The first-order valence-corrected chi connectivity index (χ1v) is 8.97. The van der Waals surface area contributed by atoms with Gasteiger partial charge >= 0.3 is 6.18 Å². The Hall–Kier alpha value is -1.58. The first-order valence-electron chi connectivity index (χ1n) is 7.89. The summed E-state index contributed by atoms with van der Waals surface area (Å²) in [6.07, 6.45) is -1.25. The molecule has 0 aliphatic heterocycles. The van der Waals surface area contributed by atoms with Crippen molar-refractivity contribution >= 4 is 34.2 Å². The van der Waals surface area contributed by atoms with Gasteiger partial charge in [0.25, 0.3) is 0 Å². The molecule has 0 aliphatic rings. The van der Waals surface area contributed by atoms with Crippen LogP contribution in [0, 0.1) is 3.57 Å². The Balaban J connectivity index is 2.28. The highest BCUT2D eigenvalue weighted by atomic mass is 127. The Morgan fingerprint density at radius 1 is 1.16 bits per heavy atom. The molecule has 0 bridgehead atoms. The molecule has 0 atom stereocenters. The van der Waals surface area contributed by atoms with Gasteiger partial charge < -0.3 is 9.64 Å². The molecule has 0 fully saturated rings. The number of unbranched alkanes of at least 4 members (excludes halogenated alkanes) is 2. The first-order chi connectivity index (χ1) is 11.8. The van der Waals surface area contributed by atoms with E-state index in [0.29, 0.717) is 6.42 Å². The average Bonchev–Trinajstić information content (AvgIpc) is 2.58. The van der Waals surface area contributed by atoms with Crippen LogP contribution in [0.4, 0.5) is 24.8 Å². The number of nitrogens with zero attached hydrogens (tertiary/aromatic N) is 3. The summed E-state index contributed by atoms with van der Waals surface area (Å²) in [5.74, 6) is -0.273. The lowest BCUT2D eigenvalue weighted by molar-refractivity contribution is -0.139. The van der Waals surface area contributed by atoms with E-state index in [-0.39, 0.29) is 12.6 Å². The van der Waals surface area contributed by atoms with Gasteiger partial charge in [0.05, 0.1) is 6.61 Å². The molecule has 0 saturated heterocycles. The number of alkyl halides is 3. The molecule has 0 N–H and O–H groups in total. The van der Waals surface area contributed by atoms with E-state index in [9.17, 15) is 13.2 Å². The minimum atomic E-state index is -4.56. The smallest absolute Gasteiger partial charge is 0.423 e. The van der Waals surface area contributed by atoms with Crippen molar-refractivity contribution in [3.8, 4) is 5.88 Å². The van der Waals surface area contributed by atoms with Crippen molar-refractivity contribution in [1.29, 1.82) is 0 Å². The van der Waals surface area contributed by atoms with Crippen LogP contribution >= 0.6 is 22.6 Å². The third kappa shape index (κ3) is 5.45. The SMILES string of the molecule is CCCCCOc1nc(N(C)c2ccc(I)cc2)ncc1C(F)(F)F. The van der Waals surface area contributed by atoms with E-state index >= 15 is 0 Å². The van der Waals surface area contributed by atoms with Crippen LogP contribution in [-0.4, -0.2) is 23.6 Å². The molecule has 25 heavy (non-hydrogen) atoms. The highest BCUT2D eigenvalue weighted by molar-refractivity contribution is 14.1. The van der Waals surface area contributed by atoms with E-state index < -0.39 is 17.6 Å².